The standard InChI is InChI=1S/C24H25NO5S2/c1-2-29-17-12-14-18(15-13-17)30-16-22(26)25-24-23(20-10-6-7-11-21(20)31-24)32(27,28)19-8-4-3-5-9-19/h3-5,8-9,12-15H,2,6-7,10-11,16H2,1H3,(H,25,26). The minimum absolute atomic E-state index is 0.221. The van der Waals surface area contributed by atoms with E-state index < -0.39 is 15.7 Å². The molecule has 0 aliphatic heterocycles. The average molecular weight is 472 g/mol. The molecule has 0 radical (unpaired) electrons. The third kappa shape index (κ3) is 4.81. The maximum Gasteiger partial charge on any atom is 0.262 e. The molecule has 3 aromatic rings. The van der Waals surface area contributed by atoms with Crippen LogP contribution in [0.25, 0.3) is 0 Å². The van der Waals surface area contributed by atoms with Gasteiger partial charge in [-0.15, -0.1) is 11.3 Å². The fraction of sp³-hybridized carbons (Fsp3) is 0.292. The highest BCUT2D eigenvalue weighted by atomic mass is 32.2. The first-order chi connectivity index (χ1) is 15.5. The van der Waals surface area contributed by atoms with E-state index in [4.69, 9.17) is 9.47 Å². The fourth-order valence-electron chi connectivity index (χ4n) is 3.73. The van der Waals surface area contributed by atoms with Gasteiger partial charge < -0.3 is 14.8 Å². The summed E-state index contributed by atoms with van der Waals surface area (Å²) < 4.78 is 37.9. The van der Waals surface area contributed by atoms with Gasteiger partial charge in [0.1, 0.15) is 21.4 Å². The van der Waals surface area contributed by atoms with Gasteiger partial charge in [-0.1, -0.05) is 18.2 Å². The highest BCUT2D eigenvalue weighted by Crippen LogP contribution is 2.43. The van der Waals surface area contributed by atoms with Gasteiger partial charge >= 0.3 is 0 Å². The van der Waals surface area contributed by atoms with Gasteiger partial charge in [0.25, 0.3) is 5.91 Å². The first-order valence-corrected chi connectivity index (χ1v) is 12.9. The number of amides is 1. The van der Waals surface area contributed by atoms with Crippen molar-refractivity contribution in [1.29, 1.82) is 0 Å². The molecule has 0 unspecified atom stereocenters. The summed E-state index contributed by atoms with van der Waals surface area (Å²) in [6.45, 7) is 2.26. The van der Waals surface area contributed by atoms with Crippen LogP contribution in [0.5, 0.6) is 11.5 Å². The van der Waals surface area contributed by atoms with E-state index in [1.165, 1.54) is 11.3 Å². The van der Waals surface area contributed by atoms with Crippen molar-refractivity contribution in [2.45, 2.75) is 42.4 Å². The van der Waals surface area contributed by atoms with Crippen LogP contribution in [0.2, 0.25) is 0 Å². The van der Waals surface area contributed by atoms with E-state index >= 15 is 0 Å². The first-order valence-electron chi connectivity index (χ1n) is 10.6. The van der Waals surface area contributed by atoms with Gasteiger partial charge in [0.2, 0.25) is 9.84 Å². The Balaban J connectivity index is 1.54. The molecule has 0 fully saturated rings. The number of aryl methyl sites for hydroxylation is 1. The van der Waals surface area contributed by atoms with Crippen LogP contribution in [0.4, 0.5) is 5.00 Å². The van der Waals surface area contributed by atoms with E-state index in [1.807, 2.05) is 6.92 Å². The minimum Gasteiger partial charge on any atom is -0.494 e. The number of carbonyl (C=O) groups excluding carboxylic acids is 1. The van der Waals surface area contributed by atoms with Gasteiger partial charge in [0, 0.05) is 4.88 Å². The SMILES string of the molecule is CCOc1ccc(OCC(=O)Nc2sc3c(c2S(=O)(=O)c2ccccc2)CCCC3)cc1. The monoisotopic (exact) mass is 471 g/mol. The van der Waals surface area contributed by atoms with E-state index in [9.17, 15) is 13.2 Å². The zero-order chi connectivity index (χ0) is 22.6. The Morgan fingerprint density at radius 3 is 2.31 bits per heavy atom. The Morgan fingerprint density at radius 1 is 0.969 bits per heavy atom. The van der Waals surface area contributed by atoms with Crippen molar-refractivity contribution < 1.29 is 22.7 Å². The highest BCUT2D eigenvalue weighted by Gasteiger charge is 2.31. The van der Waals surface area contributed by atoms with Gasteiger partial charge in [-0.25, -0.2) is 8.42 Å². The molecule has 1 aliphatic rings. The number of rotatable bonds is 8. The molecule has 8 heteroatoms. The third-order valence-electron chi connectivity index (χ3n) is 5.20. The lowest BCUT2D eigenvalue weighted by Crippen LogP contribution is -2.21. The lowest BCUT2D eigenvalue weighted by Gasteiger charge is -2.14. The molecule has 1 aromatic heterocycles. The summed E-state index contributed by atoms with van der Waals surface area (Å²) in [6, 6.07) is 15.4. The normalized spacial score (nSPS) is 13.3. The molecule has 1 heterocycles. The van der Waals surface area contributed by atoms with Crippen molar-refractivity contribution >= 4 is 32.1 Å². The molecule has 168 valence electrons. The lowest BCUT2D eigenvalue weighted by molar-refractivity contribution is -0.118. The predicted octanol–water partition coefficient (Wildman–Crippen LogP) is 4.88. The summed E-state index contributed by atoms with van der Waals surface area (Å²) in [4.78, 5) is 14.1. The van der Waals surface area contributed by atoms with Crippen molar-refractivity contribution in [3.05, 3.63) is 65.0 Å². The fourth-order valence-corrected chi connectivity index (χ4v) is 7.05. The average Bonchev–Trinajstić information content (AvgIpc) is 3.18. The van der Waals surface area contributed by atoms with E-state index in [2.05, 4.69) is 5.32 Å². The summed E-state index contributed by atoms with van der Waals surface area (Å²) in [5.41, 5.74) is 0.841. The molecule has 0 saturated carbocycles. The Labute approximate surface area is 192 Å². The number of anilines is 1. The number of hydrogen-bond acceptors (Lipinski definition) is 6. The van der Waals surface area contributed by atoms with E-state index in [1.54, 1.807) is 54.6 Å². The number of nitrogens with one attached hydrogen (secondary N) is 1. The van der Waals surface area contributed by atoms with Crippen LogP contribution < -0.4 is 14.8 Å². The van der Waals surface area contributed by atoms with Crippen LogP contribution in [0, 0.1) is 0 Å². The number of hydrogen-bond donors (Lipinski definition) is 1. The van der Waals surface area contributed by atoms with Crippen molar-refractivity contribution in [2.75, 3.05) is 18.5 Å². The topological polar surface area (TPSA) is 81.7 Å². The number of ether oxygens (including phenoxy) is 2. The highest BCUT2D eigenvalue weighted by molar-refractivity contribution is 7.92. The summed E-state index contributed by atoms with van der Waals surface area (Å²) in [6.07, 6.45) is 3.49. The Morgan fingerprint density at radius 2 is 1.62 bits per heavy atom. The maximum absolute atomic E-state index is 13.4. The first kappa shape index (κ1) is 22.4. The molecular weight excluding hydrogens is 446 g/mol. The quantitative estimate of drug-likeness (QED) is 0.507. The number of fused-ring (bicyclic) bond motifs is 1. The zero-order valence-electron chi connectivity index (χ0n) is 17.8. The predicted molar refractivity (Wildman–Crippen MR) is 125 cm³/mol. The minimum atomic E-state index is -3.75. The van der Waals surface area contributed by atoms with Gasteiger partial charge in [0.05, 0.1) is 11.5 Å². The Hall–Kier alpha value is -2.84. The molecule has 1 aliphatic carbocycles. The van der Waals surface area contributed by atoms with Crippen LogP contribution in [-0.4, -0.2) is 27.5 Å². The van der Waals surface area contributed by atoms with Crippen LogP contribution >= 0.6 is 11.3 Å². The second-order valence-corrected chi connectivity index (χ2v) is 10.4. The van der Waals surface area contributed by atoms with Crippen LogP contribution in [0.15, 0.2) is 64.4 Å². The summed E-state index contributed by atoms with van der Waals surface area (Å²) in [7, 11) is -3.75. The molecule has 1 amide bonds. The molecule has 0 atom stereocenters. The molecule has 6 nitrogen and oxygen atoms in total. The third-order valence-corrected chi connectivity index (χ3v) is 8.42. The largest absolute Gasteiger partial charge is 0.494 e. The van der Waals surface area contributed by atoms with Gasteiger partial charge in [-0.2, -0.15) is 0 Å². The second kappa shape index (κ2) is 9.75. The maximum atomic E-state index is 13.4. The molecule has 0 spiro atoms. The van der Waals surface area contributed by atoms with Crippen LogP contribution in [0.3, 0.4) is 0 Å². The second-order valence-electron chi connectivity index (χ2n) is 7.43. The van der Waals surface area contributed by atoms with E-state index in [0.29, 0.717) is 23.8 Å². The van der Waals surface area contributed by atoms with Crippen molar-refractivity contribution in [3.8, 4) is 11.5 Å². The van der Waals surface area contributed by atoms with Crippen molar-refractivity contribution in [2.24, 2.45) is 0 Å². The molecule has 32 heavy (non-hydrogen) atoms. The Kier molecular flexibility index (Phi) is 6.81. The molecule has 0 saturated heterocycles. The van der Waals surface area contributed by atoms with Gasteiger partial charge in [-0.3, -0.25) is 4.79 Å². The number of sulfone groups is 1. The number of thiophene rings is 1. The summed E-state index contributed by atoms with van der Waals surface area (Å²) >= 11 is 1.36. The van der Waals surface area contributed by atoms with Crippen molar-refractivity contribution in [1.82, 2.24) is 0 Å². The number of benzene rings is 2. The smallest absolute Gasteiger partial charge is 0.262 e. The van der Waals surface area contributed by atoms with Crippen LogP contribution in [-0.2, 0) is 27.5 Å². The summed E-state index contributed by atoms with van der Waals surface area (Å²) in [5, 5.41) is 3.17. The lowest BCUT2D eigenvalue weighted by atomic mass is 9.99. The van der Waals surface area contributed by atoms with E-state index in [0.717, 1.165) is 35.5 Å². The number of carbonyl (C=O) groups is 1. The van der Waals surface area contributed by atoms with Crippen LogP contribution in [0.1, 0.15) is 30.2 Å². The van der Waals surface area contributed by atoms with Gasteiger partial charge in [-0.05, 0) is 74.6 Å². The molecule has 0 bridgehead atoms. The zero-order valence-corrected chi connectivity index (χ0v) is 19.4. The van der Waals surface area contributed by atoms with Gasteiger partial charge in [0.15, 0.2) is 6.61 Å². The van der Waals surface area contributed by atoms with E-state index in [-0.39, 0.29) is 16.4 Å². The van der Waals surface area contributed by atoms with Crippen molar-refractivity contribution in [3.63, 3.8) is 0 Å². The molecule has 1 N–H and O–H groups in total. The Bertz CT molecular complexity index is 1190. The summed E-state index contributed by atoms with van der Waals surface area (Å²) in [5.74, 6) is 0.859. The molecule has 4 rings (SSSR count). The molecule has 2 aromatic carbocycles. The molecular formula is C24H25NO5S2.